The second-order valence-corrected chi connectivity index (χ2v) is 9.25. The lowest BCUT2D eigenvalue weighted by molar-refractivity contribution is -0.119. The van der Waals surface area contributed by atoms with Crippen LogP contribution in [0.2, 0.25) is 5.02 Å². The number of anilines is 1. The molecule has 2 heterocycles. The molecule has 0 unspecified atom stereocenters. The number of esters is 1. The average Bonchev–Trinajstić information content (AvgIpc) is 3.35. The van der Waals surface area contributed by atoms with Crippen molar-refractivity contribution in [1.29, 1.82) is 0 Å². The Balaban J connectivity index is 1.34. The van der Waals surface area contributed by atoms with Crippen LogP contribution in [0.15, 0.2) is 84.2 Å². The van der Waals surface area contributed by atoms with E-state index >= 15 is 0 Å². The molecule has 1 N–H and O–H groups in total. The van der Waals surface area contributed by atoms with E-state index in [1.165, 1.54) is 11.3 Å². The molecule has 0 bridgehead atoms. The van der Waals surface area contributed by atoms with Gasteiger partial charge < -0.3 is 4.74 Å². The van der Waals surface area contributed by atoms with Gasteiger partial charge in [0.25, 0.3) is 5.91 Å². The molecule has 0 spiro atoms. The van der Waals surface area contributed by atoms with Crippen LogP contribution in [0.3, 0.4) is 0 Å². The van der Waals surface area contributed by atoms with Gasteiger partial charge in [0.15, 0.2) is 11.7 Å². The molecule has 0 atom stereocenters. The Bertz CT molecular complexity index is 1580. The van der Waals surface area contributed by atoms with Crippen LogP contribution >= 0.6 is 22.9 Å². The lowest BCUT2D eigenvalue weighted by Crippen LogP contribution is -2.21. The van der Waals surface area contributed by atoms with Crippen molar-refractivity contribution in [2.75, 3.05) is 11.9 Å². The molecule has 2 aromatic heterocycles. The zero-order chi connectivity index (χ0) is 25.1. The Morgan fingerprint density at radius 3 is 2.47 bits per heavy atom. The van der Waals surface area contributed by atoms with E-state index < -0.39 is 18.5 Å². The maximum Gasteiger partial charge on any atom is 0.339 e. The first kappa shape index (κ1) is 23.7. The highest BCUT2D eigenvalue weighted by Gasteiger charge is 2.21. The number of amides is 1. The molecule has 6 nitrogen and oxygen atoms in total. The largest absolute Gasteiger partial charge is 0.452 e. The Labute approximate surface area is 216 Å². The molecule has 0 saturated carbocycles. The summed E-state index contributed by atoms with van der Waals surface area (Å²) in [4.78, 5) is 34.9. The maximum absolute atomic E-state index is 13.2. The Kier molecular flexibility index (Phi) is 6.75. The van der Waals surface area contributed by atoms with E-state index in [0.29, 0.717) is 43.6 Å². The van der Waals surface area contributed by atoms with Crippen molar-refractivity contribution in [2.24, 2.45) is 0 Å². The van der Waals surface area contributed by atoms with E-state index in [9.17, 15) is 9.59 Å². The summed E-state index contributed by atoms with van der Waals surface area (Å²) in [5.41, 5.74) is 4.78. The summed E-state index contributed by atoms with van der Waals surface area (Å²) in [6.07, 6.45) is 0. The Hall–Kier alpha value is -4.07. The van der Waals surface area contributed by atoms with Gasteiger partial charge in [-0.1, -0.05) is 78.3 Å². The standard InChI is InChI=1S/C28H20ClN3O3S/c1-17-25(20-12-6-8-14-22(20)30-26(17)18-9-3-2-4-10-18)27(34)35-15-24(33)32-28-31-23(16-36-28)19-11-5-7-13-21(19)29/h2-14,16H,15H2,1H3,(H,31,32,33). The second-order valence-electron chi connectivity index (χ2n) is 7.99. The fourth-order valence-corrected chi connectivity index (χ4v) is 4.89. The van der Waals surface area contributed by atoms with Gasteiger partial charge in [0.2, 0.25) is 0 Å². The smallest absolute Gasteiger partial charge is 0.339 e. The summed E-state index contributed by atoms with van der Waals surface area (Å²) in [6.45, 7) is 1.39. The molecule has 8 heteroatoms. The summed E-state index contributed by atoms with van der Waals surface area (Å²) >= 11 is 7.50. The highest BCUT2D eigenvalue weighted by molar-refractivity contribution is 7.14. The highest BCUT2D eigenvalue weighted by atomic mass is 35.5. The van der Waals surface area contributed by atoms with Gasteiger partial charge in [0.1, 0.15) is 0 Å². The minimum atomic E-state index is -0.589. The molecule has 0 saturated heterocycles. The van der Waals surface area contributed by atoms with Gasteiger partial charge in [-0.25, -0.2) is 14.8 Å². The number of ether oxygens (including phenoxy) is 1. The number of rotatable bonds is 6. The summed E-state index contributed by atoms with van der Waals surface area (Å²) in [5, 5.41) is 6.12. The Morgan fingerprint density at radius 1 is 0.944 bits per heavy atom. The van der Waals surface area contributed by atoms with E-state index in [1.807, 2.05) is 79.7 Å². The van der Waals surface area contributed by atoms with Crippen molar-refractivity contribution >= 4 is 50.8 Å². The van der Waals surface area contributed by atoms with Crippen LogP contribution in [0, 0.1) is 6.92 Å². The molecular formula is C28H20ClN3O3S. The number of benzene rings is 3. The predicted octanol–water partition coefficient (Wildman–Crippen LogP) is 6.78. The summed E-state index contributed by atoms with van der Waals surface area (Å²) in [5.74, 6) is -1.07. The van der Waals surface area contributed by atoms with Gasteiger partial charge in [0, 0.05) is 26.9 Å². The van der Waals surface area contributed by atoms with Gasteiger partial charge in [-0.05, 0) is 24.6 Å². The van der Waals surface area contributed by atoms with E-state index in [4.69, 9.17) is 21.3 Å². The van der Waals surface area contributed by atoms with Crippen molar-refractivity contribution < 1.29 is 14.3 Å². The SMILES string of the molecule is Cc1c(-c2ccccc2)nc2ccccc2c1C(=O)OCC(=O)Nc1nc(-c2ccccc2Cl)cs1. The number of nitrogens with one attached hydrogen (secondary N) is 1. The van der Waals surface area contributed by atoms with Crippen LogP contribution < -0.4 is 5.32 Å². The van der Waals surface area contributed by atoms with Gasteiger partial charge in [-0.15, -0.1) is 11.3 Å². The number of hydrogen-bond donors (Lipinski definition) is 1. The minimum Gasteiger partial charge on any atom is -0.452 e. The number of carbonyl (C=O) groups is 2. The van der Waals surface area contributed by atoms with E-state index in [2.05, 4.69) is 10.3 Å². The molecule has 5 rings (SSSR count). The zero-order valence-corrected chi connectivity index (χ0v) is 20.8. The zero-order valence-electron chi connectivity index (χ0n) is 19.2. The van der Waals surface area contributed by atoms with Crippen LogP contribution in [0.1, 0.15) is 15.9 Å². The Morgan fingerprint density at radius 2 is 1.67 bits per heavy atom. The van der Waals surface area contributed by atoms with Crippen molar-refractivity contribution in [3.63, 3.8) is 0 Å². The monoisotopic (exact) mass is 513 g/mol. The third kappa shape index (κ3) is 4.84. The molecule has 3 aromatic carbocycles. The molecule has 5 aromatic rings. The van der Waals surface area contributed by atoms with Crippen molar-refractivity contribution in [3.05, 3.63) is 100 Å². The van der Waals surface area contributed by atoms with Crippen LogP contribution in [-0.2, 0) is 9.53 Å². The van der Waals surface area contributed by atoms with Gasteiger partial charge >= 0.3 is 5.97 Å². The number of halogens is 1. The van der Waals surface area contributed by atoms with Crippen LogP contribution in [0.5, 0.6) is 0 Å². The van der Waals surface area contributed by atoms with Crippen LogP contribution in [-0.4, -0.2) is 28.5 Å². The number of aromatic nitrogens is 2. The lowest BCUT2D eigenvalue weighted by Gasteiger charge is -2.14. The average molecular weight is 514 g/mol. The quantitative estimate of drug-likeness (QED) is 0.253. The number of hydrogen-bond acceptors (Lipinski definition) is 6. The first-order valence-electron chi connectivity index (χ1n) is 11.1. The molecule has 0 radical (unpaired) electrons. The molecule has 0 aliphatic carbocycles. The van der Waals surface area contributed by atoms with Crippen LogP contribution in [0.25, 0.3) is 33.4 Å². The molecule has 0 aliphatic heterocycles. The van der Waals surface area contributed by atoms with Gasteiger partial charge in [-0.2, -0.15) is 0 Å². The lowest BCUT2D eigenvalue weighted by atomic mass is 9.98. The van der Waals surface area contributed by atoms with E-state index in [0.717, 1.165) is 11.1 Å². The fraction of sp³-hybridized carbons (Fsp3) is 0.0714. The van der Waals surface area contributed by atoms with Gasteiger partial charge in [0.05, 0.1) is 22.5 Å². The van der Waals surface area contributed by atoms with Crippen molar-refractivity contribution in [2.45, 2.75) is 6.92 Å². The minimum absolute atomic E-state index is 0.391. The van der Waals surface area contributed by atoms with Crippen LogP contribution in [0.4, 0.5) is 5.13 Å². The van der Waals surface area contributed by atoms with Crippen molar-refractivity contribution in [1.82, 2.24) is 9.97 Å². The summed E-state index contributed by atoms with van der Waals surface area (Å²) in [7, 11) is 0. The topological polar surface area (TPSA) is 81.2 Å². The van der Waals surface area contributed by atoms with Gasteiger partial charge in [-0.3, -0.25) is 10.1 Å². The fourth-order valence-electron chi connectivity index (χ4n) is 3.93. The summed E-state index contributed by atoms with van der Waals surface area (Å²) in [6, 6.07) is 24.4. The highest BCUT2D eigenvalue weighted by Crippen LogP contribution is 2.31. The third-order valence-corrected chi connectivity index (χ3v) is 6.71. The predicted molar refractivity (Wildman–Crippen MR) is 143 cm³/mol. The second kappa shape index (κ2) is 10.3. The molecule has 36 heavy (non-hydrogen) atoms. The molecule has 178 valence electrons. The van der Waals surface area contributed by atoms with E-state index in [1.54, 1.807) is 11.4 Å². The third-order valence-electron chi connectivity index (χ3n) is 5.62. The number of fused-ring (bicyclic) bond motifs is 1. The number of pyridine rings is 1. The summed E-state index contributed by atoms with van der Waals surface area (Å²) < 4.78 is 5.43. The number of para-hydroxylation sites is 1. The molecule has 1 amide bonds. The number of carbonyl (C=O) groups excluding carboxylic acids is 2. The number of thiazole rings is 1. The normalized spacial score (nSPS) is 10.8. The number of nitrogens with zero attached hydrogens (tertiary/aromatic N) is 2. The van der Waals surface area contributed by atoms with E-state index in [-0.39, 0.29) is 0 Å². The first-order valence-corrected chi connectivity index (χ1v) is 12.4. The molecule has 0 aliphatic rings. The maximum atomic E-state index is 13.2. The van der Waals surface area contributed by atoms with Crippen molar-refractivity contribution in [3.8, 4) is 22.5 Å². The first-order chi connectivity index (χ1) is 17.5. The molecular weight excluding hydrogens is 494 g/mol. The molecule has 0 fully saturated rings.